The minimum Gasteiger partial charge on any atom is -0.369 e. The number of halogens is 1. The summed E-state index contributed by atoms with van der Waals surface area (Å²) < 4.78 is 27.3. The number of pyridine rings is 1. The maximum absolute atomic E-state index is 12.1. The lowest BCUT2D eigenvalue weighted by Crippen LogP contribution is -2.28. The number of hydrogen-bond acceptors (Lipinski definition) is 8. The standard InChI is InChI=1S/C15H15ClN6O2S2/c16-11-4-5-15(25-11)26(23,24)21-8-7-18-13-9-14(20-10-19-13)22-12-3-1-2-6-17-12/h1-6,9-10,21H,7-8H2,(H2,17,18,19,20,22). The van der Waals surface area contributed by atoms with Crippen molar-refractivity contribution >= 4 is 50.4 Å². The molecule has 3 heterocycles. The van der Waals surface area contributed by atoms with E-state index < -0.39 is 10.0 Å². The molecule has 11 heteroatoms. The lowest BCUT2D eigenvalue weighted by Gasteiger charge is -2.09. The van der Waals surface area contributed by atoms with Crippen LogP contribution >= 0.6 is 22.9 Å². The summed E-state index contributed by atoms with van der Waals surface area (Å²) in [6, 6.07) is 10.2. The molecule has 0 atom stereocenters. The summed E-state index contributed by atoms with van der Waals surface area (Å²) in [7, 11) is -3.55. The van der Waals surface area contributed by atoms with Crippen LogP contribution < -0.4 is 15.4 Å². The molecule has 3 aromatic rings. The second-order valence-corrected chi connectivity index (χ2v) is 8.72. The Morgan fingerprint density at radius 1 is 1.00 bits per heavy atom. The predicted octanol–water partition coefficient (Wildman–Crippen LogP) is 2.72. The highest BCUT2D eigenvalue weighted by Gasteiger charge is 2.15. The van der Waals surface area contributed by atoms with Gasteiger partial charge in [-0.1, -0.05) is 17.7 Å². The molecule has 26 heavy (non-hydrogen) atoms. The van der Waals surface area contributed by atoms with Crippen molar-refractivity contribution < 1.29 is 8.42 Å². The number of hydrogen-bond donors (Lipinski definition) is 3. The molecule has 3 aromatic heterocycles. The van der Waals surface area contributed by atoms with Crippen LogP contribution in [-0.4, -0.2) is 36.5 Å². The summed E-state index contributed by atoms with van der Waals surface area (Å²) in [5.41, 5.74) is 0. The van der Waals surface area contributed by atoms with E-state index >= 15 is 0 Å². The Bertz CT molecular complexity index is 965. The number of anilines is 3. The average molecular weight is 411 g/mol. The van der Waals surface area contributed by atoms with Crippen LogP contribution in [0.3, 0.4) is 0 Å². The molecule has 136 valence electrons. The molecular weight excluding hydrogens is 396 g/mol. The topological polar surface area (TPSA) is 109 Å². The van der Waals surface area contributed by atoms with Crippen molar-refractivity contribution in [1.82, 2.24) is 19.7 Å². The fourth-order valence-corrected chi connectivity index (χ4v) is 4.54. The van der Waals surface area contributed by atoms with E-state index in [0.29, 0.717) is 28.3 Å². The number of nitrogens with zero attached hydrogens (tertiary/aromatic N) is 3. The molecule has 8 nitrogen and oxygen atoms in total. The molecule has 3 rings (SSSR count). The molecule has 0 saturated carbocycles. The van der Waals surface area contributed by atoms with Gasteiger partial charge in [0.2, 0.25) is 10.0 Å². The Balaban J connectivity index is 1.51. The van der Waals surface area contributed by atoms with Gasteiger partial charge < -0.3 is 10.6 Å². The van der Waals surface area contributed by atoms with E-state index in [1.807, 2.05) is 18.2 Å². The number of thiophene rings is 1. The van der Waals surface area contributed by atoms with E-state index in [1.165, 1.54) is 12.4 Å². The zero-order chi connectivity index (χ0) is 18.4. The monoisotopic (exact) mass is 410 g/mol. The highest BCUT2D eigenvalue weighted by Crippen LogP contribution is 2.25. The summed E-state index contributed by atoms with van der Waals surface area (Å²) in [4.78, 5) is 12.4. The van der Waals surface area contributed by atoms with Crippen LogP contribution in [0.25, 0.3) is 0 Å². The number of sulfonamides is 1. The fourth-order valence-electron chi connectivity index (χ4n) is 1.98. The van der Waals surface area contributed by atoms with Gasteiger partial charge in [0.1, 0.15) is 28.0 Å². The van der Waals surface area contributed by atoms with Crippen LogP contribution in [0.15, 0.2) is 53.1 Å². The maximum Gasteiger partial charge on any atom is 0.250 e. The van der Waals surface area contributed by atoms with E-state index in [-0.39, 0.29) is 10.8 Å². The number of nitrogens with one attached hydrogen (secondary N) is 3. The Morgan fingerprint density at radius 2 is 1.85 bits per heavy atom. The van der Waals surface area contributed by atoms with Gasteiger partial charge in [-0.2, -0.15) is 0 Å². The zero-order valence-corrected chi connectivity index (χ0v) is 15.8. The van der Waals surface area contributed by atoms with Crippen molar-refractivity contribution in [2.75, 3.05) is 23.7 Å². The third kappa shape index (κ3) is 5.11. The third-order valence-electron chi connectivity index (χ3n) is 3.12. The molecule has 0 bridgehead atoms. The molecule has 0 aliphatic heterocycles. The Labute approximate surface area is 159 Å². The van der Waals surface area contributed by atoms with E-state index in [4.69, 9.17) is 11.6 Å². The Kier molecular flexibility index (Phi) is 5.99. The van der Waals surface area contributed by atoms with Crippen molar-refractivity contribution in [1.29, 1.82) is 0 Å². The molecule has 0 fully saturated rings. The van der Waals surface area contributed by atoms with Gasteiger partial charge >= 0.3 is 0 Å². The molecular formula is C15H15ClN6O2S2. The molecule has 0 amide bonds. The van der Waals surface area contributed by atoms with Crippen molar-refractivity contribution in [2.45, 2.75) is 4.21 Å². The van der Waals surface area contributed by atoms with Gasteiger partial charge in [0.05, 0.1) is 4.34 Å². The number of aromatic nitrogens is 3. The predicted molar refractivity (Wildman–Crippen MR) is 103 cm³/mol. The molecule has 0 saturated heterocycles. The van der Waals surface area contributed by atoms with Gasteiger partial charge in [-0.05, 0) is 24.3 Å². The van der Waals surface area contributed by atoms with Crippen molar-refractivity contribution in [3.63, 3.8) is 0 Å². The second kappa shape index (κ2) is 8.41. The lowest BCUT2D eigenvalue weighted by molar-refractivity contribution is 0.585. The van der Waals surface area contributed by atoms with Crippen LogP contribution in [0, 0.1) is 0 Å². The zero-order valence-electron chi connectivity index (χ0n) is 13.4. The quantitative estimate of drug-likeness (QED) is 0.490. The Hall–Kier alpha value is -2.27. The SMILES string of the molecule is O=S(=O)(NCCNc1cc(Nc2ccccn2)ncn1)c1ccc(Cl)s1. The van der Waals surface area contributed by atoms with Crippen LogP contribution in [0.5, 0.6) is 0 Å². The number of rotatable bonds is 8. The third-order valence-corrected chi connectivity index (χ3v) is 6.31. The molecule has 0 aliphatic carbocycles. The van der Waals surface area contributed by atoms with E-state index in [0.717, 1.165) is 11.3 Å². The summed E-state index contributed by atoms with van der Waals surface area (Å²) in [6.07, 6.45) is 3.08. The summed E-state index contributed by atoms with van der Waals surface area (Å²) in [6.45, 7) is 0.559. The van der Waals surface area contributed by atoms with Gasteiger partial charge in [0.25, 0.3) is 0 Å². The molecule has 0 unspecified atom stereocenters. The van der Waals surface area contributed by atoms with Crippen LogP contribution in [-0.2, 0) is 10.0 Å². The second-order valence-electron chi connectivity index (χ2n) is 5.01. The molecule has 0 aromatic carbocycles. The van der Waals surface area contributed by atoms with Gasteiger partial charge in [-0.3, -0.25) is 0 Å². The Morgan fingerprint density at radius 3 is 2.58 bits per heavy atom. The van der Waals surface area contributed by atoms with Crippen LogP contribution in [0.1, 0.15) is 0 Å². The highest BCUT2D eigenvalue weighted by atomic mass is 35.5. The first-order valence-corrected chi connectivity index (χ1v) is 10.2. The largest absolute Gasteiger partial charge is 0.369 e. The smallest absolute Gasteiger partial charge is 0.250 e. The minimum absolute atomic E-state index is 0.186. The van der Waals surface area contributed by atoms with E-state index in [9.17, 15) is 8.42 Å². The van der Waals surface area contributed by atoms with Crippen LogP contribution in [0.4, 0.5) is 17.5 Å². The van der Waals surface area contributed by atoms with Crippen molar-refractivity contribution in [3.8, 4) is 0 Å². The first kappa shape index (κ1) is 18.5. The minimum atomic E-state index is -3.55. The van der Waals surface area contributed by atoms with Gasteiger partial charge in [-0.25, -0.2) is 28.1 Å². The first-order chi connectivity index (χ1) is 12.5. The van der Waals surface area contributed by atoms with Crippen LogP contribution in [0.2, 0.25) is 4.34 Å². The van der Waals surface area contributed by atoms with Gasteiger partial charge in [-0.15, -0.1) is 11.3 Å². The summed E-state index contributed by atoms with van der Waals surface area (Å²) in [5.74, 6) is 1.81. The fraction of sp³-hybridized carbons (Fsp3) is 0.133. The van der Waals surface area contributed by atoms with E-state index in [2.05, 4.69) is 30.3 Å². The molecule has 0 radical (unpaired) electrons. The molecule has 0 spiro atoms. The highest BCUT2D eigenvalue weighted by molar-refractivity contribution is 7.91. The lowest BCUT2D eigenvalue weighted by atomic mass is 10.4. The maximum atomic E-state index is 12.1. The van der Waals surface area contributed by atoms with Crippen molar-refractivity contribution in [3.05, 3.63) is 53.3 Å². The molecule has 0 aliphatic rings. The first-order valence-electron chi connectivity index (χ1n) is 7.52. The average Bonchev–Trinajstić information content (AvgIpc) is 3.08. The van der Waals surface area contributed by atoms with Gasteiger partial charge in [0, 0.05) is 25.4 Å². The normalized spacial score (nSPS) is 11.3. The van der Waals surface area contributed by atoms with E-state index in [1.54, 1.807) is 18.3 Å². The van der Waals surface area contributed by atoms with Crippen molar-refractivity contribution in [2.24, 2.45) is 0 Å². The summed E-state index contributed by atoms with van der Waals surface area (Å²) >= 11 is 6.78. The summed E-state index contributed by atoms with van der Waals surface area (Å²) in [5, 5.41) is 6.10. The molecule has 3 N–H and O–H groups in total. The van der Waals surface area contributed by atoms with Gasteiger partial charge in [0.15, 0.2) is 0 Å².